The van der Waals surface area contributed by atoms with Gasteiger partial charge in [-0.25, -0.2) is 0 Å². The first kappa shape index (κ1) is 36.6. The summed E-state index contributed by atoms with van der Waals surface area (Å²) in [7, 11) is 1.52. The largest absolute Gasteiger partial charge is 0.494 e. The first-order chi connectivity index (χ1) is 20.8. The van der Waals surface area contributed by atoms with E-state index < -0.39 is 4.92 Å². The topological polar surface area (TPSA) is 174 Å². The number of carbonyl (C=O) groups excluding carboxylic acids is 1. The van der Waals surface area contributed by atoms with Crippen molar-refractivity contribution in [1.29, 1.82) is 5.26 Å². The average Bonchev–Trinajstić information content (AvgIpc) is 2.94. The molecule has 0 radical (unpaired) electrons. The number of hydrogen-bond acceptors (Lipinski definition) is 10. The minimum absolute atomic E-state index is 0.0426. The number of rotatable bonds is 17. The lowest BCUT2D eigenvalue weighted by atomic mass is 9.84. The first-order valence-electron chi connectivity index (χ1n) is 14.6. The maximum absolute atomic E-state index is 13.3. The number of benzene rings is 2. The number of aliphatic hydroxyl groups excluding tert-OH is 2. The predicted octanol–water partition coefficient (Wildman–Crippen LogP) is 7.41. The van der Waals surface area contributed by atoms with Crippen LogP contribution in [0.15, 0.2) is 39.0 Å². The Kier molecular flexibility index (Phi) is 14.7. The number of amides is 1. The molecule has 1 unspecified atom stereocenters. The highest BCUT2D eigenvalue weighted by Gasteiger charge is 2.22. The van der Waals surface area contributed by atoms with Gasteiger partial charge in [0.25, 0.3) is 5.69 Å². The Morgan fingerprint density at radius 2 is 1.77 bits per heavy atom. The summed E-state index contributed by atoms with van der Waals surface area (Å²) in [6.45, 7) is 9.78. The van der Waals surface area contributed by atoms with Crippen LogP contribution >= 0.6 is 15.9 Å². The van der Waals surface area contributed by atoms with Crippen molar-refractivity contribution < 1.29 is 24.7 Å². The molecular weight excluding hydrogens is 632 g/mol. The van der Waals surface area contributed by atoms with Crippen molar-refractivity contribution in [3.63, 3.8) is 0 Å². The van der Waals surface area contributed by atoms with Crippen molar-refractivity contribution in [3.05, 3.63) is 44.4 Å². The normalized spacial score (nSPS) is 12.2. The number of non-ortho nitro benzene ring substituents is 1. The number of nitrogens with one attached hydrogen (secondary N) is 1. The molecule has 0 bridgehead atoms. The van der Waals surface area contributed by atoms with Gasteiger partial charge in [-0.15, -0.1) is 10.2 Å². The van der Waals surface area contributed by atoms with Gasteiger partial charge in [0.15, 0.2) is 0 Å². The number of nitrogens with zero attached hydrogens (tertiary/aromatic N) is 5. The van der Waals surface area contributed by atoms with Gasteiger partial charge in [0.1, 0.15) is 23.2 Å². The minimum atomic E-state index is -0.600. The third kappa shape index (κ3) is 11.5. The molecule has 240 valence electrons. The Balaban J connectivity index is 2.62. The van der Waals surface area contributed by atoms with Crippen LogP contribution in [0, 0.1) is 32.8 Å². The average molecular weight is 676 g/mol. The molecule has 2 aromatic carbocycles. The monoisotopic (exact) mass is 674 g/mol. The molecule has 0 aliphatic rings. The molecule has 0 fully saturated rings. The molecule has 0 spiro atoms. The van der Waals surface area contributed by atoms with E-state index in [1.54, 1.807) is 12.1 Å². The van der Waals surface area contributed by atoms with E-state index in [4.69, 9.17) is 4.74 Å². The molecule has 0 aliphatic heterocycles. The third-order valence-corrected chi connectivity index (χ3v) is 7.32. The Morgan fingerprint density at radius 1 is 1.14 bits per heavy atom. The SMILES string of the molecule is COc1cc(/N=N/c2c(Br)cc([N+](=O)[O-])cc2C#N)c(NC(=O)CC(C)CC(C)(C)C)cc1N(CCCCO)CCCCO. The number of nitriles is 1. The van der Waals surface area contributed by atoms with Gasteiger partial charge in [-0.1, -0.05) is 27.7 Å². The van der Waals surface area contributed by atoms with E-state index in [-0.39, 0.29) is 57.6 Å². The van der Waals surface area contributed by atoms with Crippen molar-refractivity contribution in [3.8, 4) is 11.8 Å². The minimum Gasteiger partial charge on any atom is -0.494 e. The van der Waals surface area contributed by atoms with Gasteiger partial charge in [0.05, 0.1) is 33.4 Å². The van der Waals surface area contributed by atoms with Crippen molar-refractivity contribution in [2.75, 3.05) is 43.6 Å². The third-order valence-electron chi connectivity index (χ3n) is 6.72. The molecule has 2 rings (SSSR count). The lowest BCUT2D eigenvalue weighted by Gasteiger charge is -2.28. The second-order valence-corrected chi connectivity index (χ2v) is 12.8. The number of ether oxygens (including phenoxy) is 1. The number of nitro groups is 1. The van der Waals surface area contributed by atoms with E-state index >= 15 is 0 Å². The molecule has 12 nitrogen and oxygen atoms in total. The number of hydrogen-bond donors (Lipinski definition) is 3. The van der Waals surface area contributed by atoms with Gasteiger partial charge in [-0.3, -0.25) is 14.9 Å². The first-order valence-corrected chi connectivity index (χ1v) is 15.4. The predicted molar refractivity (Wildman–Crippen MR) is 174 cm³/mol. The molecule has 0 aromatic heterocycles. The summed E-state index contributed by atoms with van der Waals surface area (Å²) >= 11 is 3.26. The van der Waals surface area contributed by atoms with E-state index in [1.165, 1.54) is 13.2 Å². The number of anilines is 2. The van der Waals surface area contributed by atoms with Crippen molar-refractivity contribution >= 4 is 50.3 Å². The maximum atomic E-state index is 13.3. The molecule has 0 saturated carbocycles. The quantitative estimate of drug-likeness (QED) is 0.0673. The second-order valence-electron chi connectivity index (χ2n) is 11.9. The van der Waals surface area contributed by atoms with E-state index in [9.17, 15) is 30.4 Å². The molecule has 1 atom stereocenters. The summed E-state index contributed by atoms with van der Waals surface area (Å²) < 4.78 is 5.95. The number of halogens is 1. The number of methoxy groups -OCH3 is 1. The number of aliphatic hydroxyl groups is 2. The lowest BCUT2D eigenvalue weighted by Crippen LogP contribution is -2.27. The van der Waals surface area contributed by atoms with E-state index in [2.05, 4.69) is 57.1 Å². The van der Waals surface area contributed by atoms with Crippen LogP contribution in [0.2, 0.25) is 0 Å². The summed E-state index contributed by atoms with van der Waals surface area (Å²) in [6, 6.07) is 7.71. The fourth-order valence-electron chi connectivity index (χ4n) is 4.95. The van der Waals surface area contributed by atoms with E-state index in [1.807, 2.05) is 13.0 Å². The number of nitro benzene ring substituents is 1. The van der Waals surface area contributed by atoms with Gasteiger partial charge >= 0.3 is 0 Å². The summed E-state index contributed by atoms with van der Waals surface area (Å²) in [4.78, 5) is 26.0. The molecule has 0 saturated heterocycles. The van der Waals surface area contributed by atoms with Crippen LogP contribution in [-0.2, 0) is 4.79 Å². The number of azo groups is 1. The highest BCUT2D eigenvalue weighted by atomic mass is 79.9. The smallest absolute Gasteiger partial charge is 0.272 e. The molecule has 3 N–H and O–H groups in total. The number of unbranched alkanes of at least 4 members (excludes halogenated alkanes) is 2. The second kappa shape index (κ2) is 17.6. The molecule has 0 aliphatic carbocycles. The highest BCUT2D eigenvalue weighted by molar-refractivity contribution is 9.10. The fraction of sp³-hybridized carbons (Fsp3) is 0.548. The molecule has 2 aromatic rings. The Bertz CT molecular complexity index is 1340. The van der Waals surface area contributed by atoms with Crippen LogP contribution in [-0.4, -0.2) is 54.5 Å². The van der Waals surface area contributed by atoms with Gasteiger partial charge < -0.3 is 25.2 Å². The summed E-state index contributed by atoms with van der Waals surface area (Å²) in [6.07, 6.45) is 3.82. The fourth-order valence-corrected chi connectivity index (χ4v) is 5.48. The van der Waals surface area contributed by atoms with Gasteiger partial charge in [-0.2, -0.15) is 5.26 Å². The van der Waals surface area contributed by atoms with Crippen molar-refractivity contribution in [2.24, 2.45) is 21.6 Å². The molecular formula is C31H43BrN6O6. The molecule has 13 heteroatoms. The zero-order valence-electron chi connectivity index (χ0n) is 26.1. The van der Waals surface area contributed by atoms with E-state index in [0.717, 1.165) is 25.3 Å². The zero-order chi connectivity index (χ0) is 32.9. The standard InChI is InChI=1S/C31H43BrN6O6/c1-21(19-31(2,3)4)14-29(41)34-25-17-27(37(10-6-8-12-39)11-7-9-13-40)28(44-5)18-26(25)35-36-30-22(20-33)15-23(38(42)43)16-24(30)32/h15-18,21,39-40H,6-14,19H2,1-5H3,(H,34,41)/b36-35+. The van der Waals surface area contributed by atoms with Crippen LogP contribution in [0.25, 0.3) is 0 Å². The van der Waals surface area contributed by atoms with E-state index in [0.29, 0.717) is 49.5 Å². The van der Waals surface area contributed by atoms with Gasteiger partial charge in [-0.05, 0) is 65.4 Å². The lowest BCUT2D eigenvalue weighted by molar-refractivity contribution is -0.384. The maximum Gasteiger partial charge on any atom is 0.272 e. The Hall–Kier alpha value is -3.60. The molecule has 0 heterocycles. The summed E-state index contributed by atoms with van der Waals surface area (Å²) in [5.41, 5.74) is 1.20. The molecule has 44 heavy (non-hydrogen) atoms. The van der Waals surface area contributed by atoms with Crippen LogP contribution in [0.5, 0.6) is 5.75 Å². The van der Waals surface area contributed by atoms with Crippen molar-refractivity contribution in [1.82, 2.24) is 0 Å². The van der Waals surface area contributed by atoms with Crippen LogP contribution < -0.4 is 15.0 Å². The summed E-state index contributed by atoms with van der Waals surface area (Å²) in [5.74, 6) is 0.394. The van der Waals surface area contributed by atoms with Gasteiger partial charge in [0, 0.05) is 50.9 Å². The number of carbonyl (C=O) groups is 1. The zero-order valence-corrected chi connectivity index (χ0v) is 27.7. The van der Waals surface area contributed by atoms with Crippen LogP contribution in [0.1, 0.15) is 71.8 Å². The Morgan fingerprint density at radius 3 is 2.30 bits per heavy atom. The summed E-state index contributed by atoms with van der Waals surface area (Å²) in [5, 5.41) is 51.2. The van der Waals surface area contributed by atoms with Crippen LogP contribution in [0.3, 0.4) is 0 Å². The Labute approximate surface area is 267 Å². The van der Waals surface area contributed by atoms with Crippen molar-refractivity contribution in [2.45, 2.75) is 66.2 Å². The van der Waals surface area contributed by atoms with Crippen LogP contribution in [0.4, 0.5) is 28.4 Å². The van der Waals surface area contributed by atoms with Gasteiger partial charge in [0.2, 0.25) is 5.91 Å². The highest BCUT2D eigenvalue weighted by Crippen LogP contribution is 2.41. The molecule has 1 amide bonds.